The van der Waals surface area contributed by atoms with Crippen LogP contribution >= 0.6 is 11.3 Å². The van der Waals surface area contributed by atoms with Gasteiger partial charge in [-0.25, -0.2) is 9.48 Å². The van der Waals surface area contributed by atoms with Crippen LogP contribution in [0.1, 0.15) is 21.0 Å². The van der Waals surface area contributed by atoms with E-state index in [2.05, 4.69) is 30.3 Å². The SMILES string of the molecule is COC(=O)c1nc(NC(=O)c2cn(-c3ccccc3)nc2-c2cccs2)n[nH]1. The van der Waals surface area contributed by atoms with E-state index < -0.39 is 11.9 Å². The number of rotatable bonds is 5. The second kappa shape index (κ2) is 7.45. The summed E-state index contributed by atoms with van der Waals surface area (Å²) in [6.45, 7) is 0. The lowest BCUT2D eigenvalue weighted by Gasteiger charge is -2.00. The summed E-state index contributed by atoms with van der Waals surface area (Å²) in [5.74, 6) is -1.25. The van der Waals surface area contributed by atoms with E-state index in [4.69, 9.17) is 0 Å². The van der Waals surface area contributed by atoms with E-state index >= 15 is 0 Å². The summed E-state index contributed by atoms with van der Waals surface area (Å²) in [6.07, 6.45) is 1.65. The summed E-state index contributed by atoms with van der Waals surface area (Å²) in [7, 11) is 1.23. The highest BCUT2D eigenvalue weighted by Gasteiger charge is 2.21. The molecular formula is C18H14N6O3S. The molecule has 0 bridgehead atoms. The van der Waals surface area contributed by atoms with Crippen LogP contribution < -0.4 is 5.32 Å². The number of carbonyl (C=O) groups excluding carboxylic acids is 2. The van der Waals surface area contributed by atoms with Crippen LogP contribution in [0.15, 0.2) is 54.0 Å². The summed E-state index contributed by atoms with van der Waals surface area (Å²) in [4.78, 5) is 29.1. The van der Waals surface area contributed by atoms with Crippen molar-refractivity contribution in [2.24, 2.45) is 0 Å². The number of esters is 1. The van der Waals surface area contributed by atoms with Crippen molar-refractivity contribution in [2.45, 2.75) is 0 Å². The lowest BCUT2D eigenvalue weighted by Crippen LogP contribution is -2.13. The van der Waals surface area contributed by atoms with Gasteiger partial charge in [-0.1, -0.05) is 24.3 Å². The maximum Gasteiger partial charge on any atom is 0.375 e. The number of anilines is 1. The van der Waals surface area contributed by atoms with E-state index in [1.54, 1.807) is 10.9 Å². The maximum atomic E-state index is 12.9. The third-order valence-electron chi connectivity index (χ3n) is 3.82. The molecule has 140 valence electrons. The number of thiophene rings is 1. The van der Waals surface area contributed by atoms with E-state index in [-0.39, 0.29) is 11.8 Å². The largest absolute Gasteiger partial charge is 0.463 e. The minimum absolute atomic E-state index is 0.0324. The van der Waals surface area contributed by atoms with Crippen LogP contribution in [-0.2, 0) is 4.74 Å². The Morgan fingerprint density at radius 3 is 2.71 bits per heavy atom. The second-order valence-corrected chi connectivity index (χ2v) is 6.55. The molecule has 0 saturated carbocycles. The molecule has 1 aromatic carbocycles. The summed E-state index contributed by atoms with van der Waals surface area (Å²) >= 11 is 1.48. The number of carbonyl (C=O) groups is 2. The molecule has 0 aliphatic carbocycles. The molecule has 0 spiro atoms. The van der Waals surface area contributed by atoms with Gasteiger partial charge in [-0.2, -0.15) is 10.1 Å². The number of nitrogens with one attached hydrogen (secondary N) is 2. The number of hydrogen-bond donors (Lipinski definition) is 2. The van der Waals surface area contributed by atoms with Crippen LogP contribution in [0.4, 0.5) is 5.95 Å². The van der Waals surface area contributed by atoms with Crippen LogP contribution in [-0.4, -0.2) is 43.9 Å². The standard InChI is InChI=1S/C18H14N6O3S/c1-27-17(26)15-19-18(22-21-15)20-16(25)12-10-24(11-6-3-2-4-7-11)23-14(12)13-8-5-9-28-13/h2-10H,1H3,(H2,19,20,21,22,25). The highest BCUT2D eigenvalue weighted by Crippen LogP contribution is 2.28. The molecule has 2 N–H and O–H groups in total. The molecule has 0 radical (unpaired) electrons. The molecule has 3 aromatic heterocycles. The molecule has 4 rings (SSSR count). The summed E-state index contributed by atoms with van der Waals surface area (Å²) in [6, 6.07) is 13.3. The molecule has 0 saturated heterocycles. The zero-order valence-electron chi connectivity index (χ0n) is 14.6. The molecule has 10 heteroatoms. The van der Waals surface area contributed by atoms with Crippen LogP contribution in [0.5, 0.6) is 0 Å². The average molecular weight is 394 g/mol. The zero-order valence-corrected chi connectivity index (χ0v) is 15.4. The van der Waals surface area contributed by atoms with Crippen molar-refractivity contribution in [1.29, 1.82) is 0 Å². The summed E-state index contributed by atoms with van der Waals surface area (Å²) < 4.78 is 6.20. The van der Waals surface area contributed by atoms with E-state index in [0.717, 1.165) is 10.6 Å². The Bertz CT molecular complexity index is 1120. The van der Waals surface area contributed by atoms with E-state index in [9.17, 15) is 9.59 Å². The molecule has 4 aromatic rings. The minimum Gasteiger partial charge on any atom is -0.463 e. The van der Waals surface area contributed by atoms with Gasteiger partial charge in [0.2, 0.25) is 11.8 Å². The third-order valence-corrected chi connectivity index (χ3v) is 4.70. The average Bonchev–Trinajstić information content (AvgIpc) is 3.47. The number of H-pyrrole nitrogens is 1. The number of amides is 1. The van der Waals surface area contributed by atoms with Gasteiger partial charge < -0.3 is 4.74 Å². The predicted octanol–water partition coefficient (Wildman–Crippen LogP) is 2.76. The van der Waals surface area contributed by atoms with E-state index in [1.807, 2.05) is 47.8 Å². The fourth-order valence-electron chi connectivity index (χ4n) is 2.52. The van der Waals surface area contributed by atoms with E-state index in [1.165, 1.54) is 18.4 Å². The highest BCUT2D eigenvalue weighted by atomic mass is 32.1. The normalized spacial score (nSPS) is 10.6. The molecule has 0 atom stereocenters. The first-order valence-electron chi connectivity index (χ1n) is 8.16. The first-order chi connectivity index (χ1) is 13.7. The second-order valence-electron chi connectivity index (χ2n) is 5.60. The van der Waals surface area contributed by atoms with Crippen molar-refractivity contribution in [1.82, 2.24) is 25.0 Å². The first-order valence-corrected chi connectivity index (χ1v) is 9.04. The monoisotopic (exact) mass is 394 g/mol. The lowest BCUT2D eigenvalue weighted by atomic mass is 10.2. The molecule has 0 fully saturated rings. The predicted molar refractivity (Wildman–Crippen MR) is 103 cm³/mol. The quantitative estimate of drug-likeness (QED) is 0.503. The van der Waals surface area contributed by atoms with Crippen molar-refractivity contribution in [3.8, 4) is 16.3 Å². The van der Waals surface area contributed by atoms with Gasteiger partial charge in [-0.15, -0.1) is 16.4 Å². The number of hydrogen-bond acceptors (Lipinski definition) is 7. The number of benzene rings is 1. The molecule has 0 aliphatic heterocycles. The molecule has 3 heterocycles. The third kappa shape index (κ3) is 3.40. The fraction of sp³-hybridized carbons (Fsp3) is 0.0556. The van der Waals surface area contributed by atoms with Crippen molar-refractivity contribution in [3.05, 3.63) is 65.4 Å². The molecule has 28 heavy (non-hydrogen) atoms. The van der Waals surface area contributed by atoms with Gasteiger partial charge in [-0.05, 0) is 23.6 Å². The van der Waals surface area contributed by atoms with Crippen molar-refractivity contribution >= 4 is 29.2 Å². The van der Waals surface area contributed by atoms with Crippen molar-refractivity contribution in [3.63, 3.8) is 0 Å². The zero-order chi connectivity index (χ0) is 19.5. The molecule has 0 unspecified atom stereocenters. The number of methoxy groups -OCH3 is 1. The van der Waals surface area contributed by atoms with Gasteiger partial charge in [0.25, 0.3) is 5.91 Å². The molecule has 1 amide bonds. The smallest absolute Gasteiger partial charge is 0.375 e. The van der Waals surface area contributed by atoms with Gasteiger partial charge in [0.1, 0.15) is 5.69 Å². The van der Waals surface area contributed by atoms with Crippen LogP contribution in [0.2, 0.25) is 0 Å². The maximum absolute atomic E-state index is 12.9. The first kappa shape index (κ1) is 17.6. The number of para-hydroxylation sites is 1. The van der Waals surface area contributed by atoms with Crippen molar-refractivity contribution in [2.75, 3.05) is 12.4 Å². The number of nitrogens with zero attached hydrogens (tertiary/aromatic N) is 4. The Kier molecular flexibility index (Phi) is 4.68. The number of ether oxygens (including phenoxy) is 1. The van der Waals surface area contributed by atoms with Crippen molar-refractivity contribution < 1.29 is 14.3 Å². The fourth-order valence-corrected chi connectivity index (χ4v) is 3.25. The topological polar surface area (TPSA) is 115 Å². The van der Waals surface area contributed by atoms with Gasteiger partial charge in [0, 0.05) is 6.20 Å². The Morgan fingerprint density at radius 2 is 2.00 bits per heavy atom. The van der Waals surface area contributed by atoms with Crippen LogP contribution in [0.3, 0.4) is 0 Å². The van der Waals surface area contributed by atoms with Crippen LogP contribution in [0.25, 0.3) is 16.3 Å². The van der Waals surface area contributed by atoms with Gasteiger partial charge in [0.05, 0.1) is 23.2 Å². The van der Waals surface area contributed by atoms with Gasteiger partial charge >= 0.3 is 5.97 Å². The Balaban J connectivity index is 1.67. The van der Waals surface area contributed by atoms with Gasteiger partial charge in [-0.3, -0.25) is 15.2 Å². The van der Waals surface area contributed by atoms with Gasteiger partial charge in [0.15, 0.2) is 0 Å². The Hall–Kier alpha value is -3.79. The summed E-state index contributed by atoms with van der Waals surface area (Å²) in [5, 5.41) is 15.3. The number of aromatic amines is 1. The van der Waals surface area contributed by atoms with Crippen LogP contribution in [0, 0.1) is 0 Å². The Labute approximate surface area is 163 Å². The minimum atomic E-state index is -0.677. The summed E-state index contributed by atoms with van der Waals surface area (Å²) in [5.41, 5.74) is 1.72. The molecule has 0 aliphatic rings. The molecule has 9 nitrogen and oxygen atoms in total. The highest BCUT2D eigenvalue weighted by molar-refractivity contribution is 7.13. The molecular weight excluding hydrogens is 380 g/mol. The lowest BCUT2D eigenvalue weighted by molar-refractivity contribution is 0.0587. The van der Waals surface area contributed by atoms with E-state index in [0.29, 0.717) is 11.3 Å². The number of aromatic nitrogens is 5. The Morgan fingerprint density at radius 1 is 1.18 bits per heavy atom.